The molecule has 0 amide bonds. The molecule has 1 aliphatic heterocycles. The SMILES string of the molecule is COc1ccc(COC2(CC=O)CCC3(CC2)OCCO3)cc1. The van der Waals surface area contributed by atoms with Gasteiger partial charge in [-0.3, -0.25) is 0 Å². The normalized spacial score (nSPS) is 22.1. The average Bonchev–Trinajstić information content (AvgIpc) is 3.05. The van der Waals surface area contributed by atoms with Crippen molar-refractivity contribution >= 4 is 6.29 Å². The molecule has 0 aromatic heterocycles. The first-order chi connectivity index (χ1) is 11.2. The summed E-state index contributed by atoms with van der Waals surface area (Å²) in [5.74, 6) is 0.391. The van der Waals surface area contributed by atoms with E-state index in [0.717, 1.165) is 43.3 Å². The minimum atomic E-state index is -0.435. The summed E-state index contributed by atoms with van der Waals surface area (Å²) in [4.78, 5) is 11.1. The summed E-state index contributed by atoms with van der Waals surface area (Å²) < 4.78 is 22.9. The smallest absolute Gasteiger partial charge is 0.168 e. The molecular formula is C18H24O5. The number of rotatable bonds is 6. The largest absolute Gasteiger partial charge is 0.497 e. The number of hydrogen-bond acceptors (Lipinski definition) is 5. The molecule has 0 bridgehead atoms. The maximum Gasteiger partial charge on any atom is 0.168 e. The van der Waals surface area contributed by atoms with Gasteiger partial charge < -0.3 is 23.7 Å². The van der Waals surface area contributed by atoms with E-state index in [0.29, 0.717) is 26.2 Å². The van der Waals surface area contributed by atoms with Gasteiger partial charge in [-0.25, -0.2) is 0 Å². The zero-order chi connectivity index (χ0) is 16.2. The molecule has 1 aromatic carbocycles. The summed E-state index contributed by atoms with van der Waals surface area (Å²) in [6, 6.07) is 7.81. The lowest BCUT2D eigenvalue weighted by Crippen LogP contribution is -2.45. The summed E-state index contributed by atoms with van der Waals surface area (Å²) in [6.07, 6.45) is 4.50. The first-order valence-electron chi connectivity index (χ1n) is 8.18. The summed E-state index contributed by atoms with van der Waals surface area (Å²) >= 11 is 0. The van der Waals surface area contributed by atoms with Crippen LogP contribution in [0.2, 0.25) is 0 Å². The Morgan fingerprint density at radius 1 is 1.09 bits per heavy atom. The van der Waals surface area contributed by atoms with E-state index in [-0.39, 0.29) is 0 Å². The van der Waals surface area contributed by atoms with Crippen LogP contribution in [0.15, 0.2) is 24.3 Å². The van der Waals surface area contributed by atoms with Gasteiger partial charge in [0.2, 0.25) is 0 Å². The quantitative estimate of drug-likeness (QED) is 0.754. The minimum absolute atomic E-state index is 0.401. The van der Waals surface area contributed by atoms with Crippen molar-refractivity contribution in [2.75, 3.05) is 20.3 Å². The maximum atomic E-state index is 11.1. The molecular weight excluding hydrogens is 296 g/mol. The van der Waals surface area contributed by atoms with Crippen LogP contribution in [0.25, 0.3) is 0 Å². The molecule has 1 heterocycles. The molecule has 23 heavy (non-hydrogen) atoms. The van der Waals surface area contributed by atoms with Crippen molar-refractivity contribution in [3.8, 4) is 5.75 Å². The number of hydrogen-bond donors (Lipinski definition) is 0. The number of carbonyl (C=O) groups is 1. The van der Waals surface area contributed by atoms with E-state index in [4.69, 9.17) is 18.9 Å². The van der Waals surface area contributed by atoms with Crippen LogP contribution >= 0.6 is 0 Å². The standard InChI is InChI=1S/C18H24O5/c1-20-16-4-2-15(3-5-16)14-23-17(10-11-19)6-8-18(9-7-17)21-12-13-22-18/h2-5,11H,6-10,12-14H2,1H3. The first-order valence-corrected chi connectivity index (χ1v) is 8.18. The van der Waals surface area contributed by atoms with Gasteiger partial charge in [-0.1, -0.05) is 12.1 Å². The highest BCUT2D eigenvalue weighted by atomic mass is 16.7. The lowest BCUT2D eigenvalue weighted by atomic mass is 9.79. The van der Waals surface area contributed by atoms with E-state index < -0.39 is 11.4 Å². The van der Waals surface area contributed by atoms with Crippen molar-refractivity contribution in [3.05, 3.63) is 29.8 Å². The molecule has 1 aromatic rings. The highest BCUT2D eigenvalue weighted by Crippen LogP contribution is 2.43. The van der Waals surface area contributed by atoms with Crippen LogP contribution in [0.1, 0.15) is 37.7 Å². The molecule has 5 nitrogen and oxygen atoms in total. The molecule has 0 atom stereocenters. The van der Waals surface area contributed by atoms with E-state index in [1.165, 1.54) is 0 Å². The monoisotopic (exact) mass is 320 g/mol. The molecule has 2 aliphatic rings. The van der Waals surface area contributed by atoms with E-state index in [1.807, 2.05) is 24.3 Å². The molecule has 1 aliphatic carbocycles. The third-order valence-electron chi connectivity index (χ3n) is 4.90. The second kappa shape index (κ2) is 6.99. The Labute approximate surface area is 136 Å². The Balaban J connectivity index is 1.61. The zero-order valence-electron chi connectivity index (χ0n) is 13.6. The third kappa shape index (κ3) is 3.74. The molecule has 126 valence electrons. The Bertz CT molecular complexity index is 509. The predicted octanol–water partition coefficient (Wildman–Crippen LogP) is 2.86. The second-order valence-electron chi connectivity index (χ2n) is 6.30. The Hall–Kier alpha value is -1.43. The summed E-state index contributed by atoms with van der Waals surface area (Å²) in [5, 5.41) is 0. The Kier molecular flexibility index (Phi) is 4.99. The van der Waals surface area contributed by atoms with Gasteiger partial charge in [-0.05, 0) is 30.5 Å². The van der Waals surface area contributed by atoms with Gasteiger partial charge in [0.05, 0.1) is 32.5 Å². The molecule has 1 saturated carbocycles. The van der Waals surface area contributed by atoms with Crippen LogP contribution in [0.4, 0.5) is 0 Å². The third-order valence-corrected chi connectivity index (χ3v) is 4.90. The van der Waals surface area contributed by atoms with Crippen molar-refractivity contribution in [3.63, 3.8) is 0 Å². The van der Waals surface area contributed by atoms with Crippen molar-refractivity contribution in [2.24, 2.45) is 0 Å². The van der Waals surface area contributed by atoms with Crippen LogP contribution in [0.5, 0.6) is 5.75 Å². The Morgan fingerprint density at radius 3 is 2.30 bits per heavy atom. The highest BCUT2D eigenvalue weighted by Gasteiger charge is 2.46. The average molecular weight is 320 g/mol. The molecule has 1 spiro atoms. The Morgan fingerprint density at radius 2 is 1.74 bits per heavy atom. The summed E-state index contributed by atoms with van der Waals surface area (Å²) in [7, 11) is 1.65. The van der Waals surface area contributed by atoms with Crippen LogP contribution < -0.4 is 4.74 Å². The minimum Gasteiger partial charge on any atom is -0.497 e. The van der Waals surface area contributed by atoms with Crippen molar-refractivity contribution < 1.29 is 23.7 Å². The van der Waals surface area contributed by atoms with E-state index >= 15 is 0 Å². The topological polar surface area (TPSA) is 54.0 Å². The molecule has 0 N–H and O–H groups in total. The van der Waals surface area contributed by atoms with E-state index in [1.54, 1.807) is 7.11 Å². The maximum absolute atomic E-state index is 11.1. The van der Waals surface area contributed by atoms with Crippen LogP contribution in [0, 0.1) is 0 Å². The van der Waals surface area contributed by atoms with E-state index in [2.05, 4.69) is 0 Å². The van der Waals surface area contributed by atoms with E-state index in [9.17, 15) is 4.79 Å². The van der Waals surface area contributed by atoms with Gasteiger partial charge in [-0.15, -0.1) is 0 Å². The summed E-state index contributed by atoms with van der Waals surface area (Å²) in [6.45, 7) is 1.81. The first kappa shape index (κ1) is 16.4. The van der Waals surface area contributed by atoms with Gasteiger partial charge >= 0.3 is 0 Å². The van der Waals surface area contributed by atoms with Gasteiger partial charge in [0.1, 0.15) is 12.0 Å². The van der Waals surface area contributed by atoms with Crippen LogP contribution in [-0.4, -0.2) is 38.0 Å². The second-order valence-corrected chi connectivity index (χ2v) is 6.30. The fraction of sp³-hybridized carbons (Fsp3) is 0.611. The van der Waals surface area contributed by atoms with Gasteiger partial charge in [0.25, 0.3) is 0 Å². The van der Waals surface area contributed by atoms with Crippen LogP contribution in [-0.2, 0) is 25.6 Å². The molecule has 5 heteroatoms. The number of ether oxygens (including phenoxy) is 4. The molecule has 0 unspecified atom stereocenters. The molecule has 3 rings (SSSR count). The van der Waals surface area contributed by atoms with Crippen molar-refractivity contribution in [1.29, 1.82) is 0 Å². The van der Waals surface area contributed by atoms with Crippen molar-refractivity contribution in [2.45, 2.75) is 50.1 Å². The fourth-order valence-corrected chi connectivity index (χ4v) is 3.39. The van der Waals surface area contributed by atoms with Gasteiger partial charge in [-0.2, -0.15) is 0 Å². The highest BCUT2D eigenvalue weighted by molar-refractivity contribution is 5.51. The number of benzene rings is 1. The van der Waals surface area contributed by atoms with Gasteiger partial charge in [0.15, 0.2) is 5.79 Å². The molecule has 2 fully saturated rings. The molecule has 0 radical (unpaired) electrons. The molecule has 1 saturated heterocycles. The zero-order valence-corrected chi connectivity index (χ0v) is 13.6. The number of carbonyl (C=O) groups excluding carboxylic acids is 1. The lowest BCUT2D eigenvalue weighted by Gasteiger charge is -2.42. The number of aldehydes is 1. The predicted molar refractivity (Wildman–Crippen MR) is 84.3 cm³/mol. The van der Waals surface area contributed by atoms with Gasteiger partial charge in [0, 0.05) is 19.3 Å². The van der Waals surface area contributed by atoms with Crippen molar-refractivity contribution in [1.82, 2.24) is 0 Å². The summed E-state index contributed by atoms with van der Waals surface area (Å²) in [5.41, 5.74) is 0.673. The fourth-order valence-electron chi connectivity index (χ4n) is 3.39. The number of methoxy groups -OCH3 is 1. The van der Waals surface area contributed by atoms with Crippen LogP contribution in [0.3, 0.4) is 0 Å². The lowest BCUT2D eigenvalue weighted by molar-refractivity contribution is -0.213.